The normalized spacial score (nSPS) is 30.4. The number of nitrogen functional groups attached to an aromatic ring is 1. The van der Waals surface area contributed by atoms with Gasteiger partial charge in [0.05, 0.1) is 18.8 Å². The molecule has 2 fully saturated rings. The minimum absolute atomic E-state index is 0.197. The van der Waals surface area contributed by atoms with Gasteiger partial charge in [-0.1, -0.05) is 0 Å². The summed E-state index contributed by atoms with van der Waals surface area (Å²) in [5.74, 6) is 1.52. The molecule has 3 atom stereocenters. The summed E-state index contributed by atoms with van der Waals surface area (Å²) in [7, 11) is 0. The van der Waals surface area contributed by atoms with Gasteiger partial charge in [-0.25, -0.2) is 4.98 Å². The number of aryl methyl sites for hydroxylation is 1. The summed E-state index contributed by atoms with van der Waals surface area (Å²) in [6, 6.07) is 2.25. The van der Waals surface area contributed by atoms with Gasteiger partial charge >= 0.3 is 0 Å². The van der Waals surface area contributed by atoms with Gasteiger partial charge in [-0.15, -0.1) is 0 Å². The maximum Gasteiger partial charge on any atom is 0.222 e. The van der Waals surface area contributed by atoms with Crippen molar-refractivity contribution < 1.29 is 9.84 Å². The monoisotopic (exact) mass is 264 g/mol. The highest BCUT2D eigenvalue weighted by molar-refractivity contribution is 5.45. The van der Waals surface area contributed by atoms with Crippen LogP contribution in [0.2, 0.25) is 0 Å². The Morgan fingerprint density at radius 2 is 2.32 bits per heavy atom. The van der Waals surface area contributed by atoms with Crippen molar-refractivity contribution in [3.05, 3.63) is 11.8 Å². The zero-order valence-electron chi connectivity index (χ0n) is 11.1. The second-order valence-electron chi connectivity index (χ2n) is 5.42. The predicted molar refractivity (Wildman–Crippen MR) is 71.9 cm³/mol. The third-order valence-corrected chi connectivity index (χ3v) is 4.04. The molecule has 1 aliphatic carbocycles. The van der Waals surface area contributed by atoms with E-state index in [0.717, 1.165) is 30.9 Å². The molecule has 1 aliphatic heterocycles. The van der Waals surface area contributed by atoms with Crippen molar-refractivity contribution in [1.29, 1.82) is 0 Å². The van der Waals surface area contributed by atoms with E-state index in [1.807, 2.05) is 13.0 Å². The van der Waals surface area contributed by atoms with Gasteiger partial charge < -0.3 is 20.5 Å². The molecule has 1 saturated carbocycles. The van der Waals surface area contributed by atoms with E-state index in [1.54, 1.807) is 0 Å². The Bertz CT molecular complexity index is 448. The van der Waals surface area contributed by atoms with Gasteiger partial charge in [0, 0.05) is 24.9 Å². The fourth-order valence-corrected chi connectivity index (χ4v) is 3.21. The lowest BCUT2D eigenvalue weighted by molar-refractivity contribution is 0.0228. The van der Waals surface area contributed by atoms with Crippen LogP contribution in [0.25, 0.3) is 0 Å². The van der Waals surface area contributed by atoms with Crippen LogP contribution in [0.4, 0.5) is 11.8 Å². The Labute approximate surface area is 112 Å². The first-order valence-electron chi connectivity index (χ1n) is 6.77. The molecule has 6 heteroatoms. The Hall–Kier alpha value is -1.40. The maximum absolute atomic E-state index is 9.34. The molecule has 0 radical (unpaired) electrons. The van der Waals surface area contributed by atoms with Crippen LogP contribution < -0.4 is 10.6 Å². The van der Waals surface area contributed by atoms with Gasteiger partial charge in [0.25, 0.3) is 0 Å². The number of ether oxygens (including phenoxy) is 1. The summed E-state index contributed by atoms with van der Waals surface area (Å²) in [5, 5.41) is 9.34. The van der Waals surface area contributed by atoms with E-state index in [2.05, 4.69) is 14.9 Å². The zero-order valence-corrected chi connectivity index (χ0v) is 11.1. The zero-order chi connectivity index (χ0) is 13.4. The quantitative estimate of drug-likeness (QED) is 0.801. The minimum atomic E-state index is 0.197. The lowest BCUT2D eigenvalue weighted by atomic mass is 10.1. The second-order valence-corrected chi connectivity index (χ2v) is 5.42. The molecular formula is C13H20N4O2. The lowest BCUT2D eigenvalue weighted by Crippen LogP contribution is -2.49. The van der Waals surface area contributed by atoms with E-state index >= 15 is 0 Å². The predicted octanol–water partition coefficient (Wildman–Crippen LogP) is 0.343. The fourth-order valence-electron chi connectivity index (χ4n) is 3.21. The number of aliphatic hydroxyl groups excluding tert-OH is 1. The van der Waals surface area contributed by atoms with E-state index < -0.39 is 0 Å². The van der Waals surface area contributed by atoms with Gasteiger partial charge in [-0.3, -0.25) is 0 Å². The van der Waals surface area contributed by atoms with Crippen LogP contribution >= 0.6 is 0 Å². The number of morpholine rings is 1. The van der Waals surface area contributed by atoms with Crippen molar-refractivity contribution in [2.45, 2.75) is 31.9 Å². The molecule has 1 aromatic heterocycles. The van der Waals surface area contributed by atoms with Crippen molar-refractivity contribution in [3.8, 4) is 0 Å². The summed E-state index contributed by atoms with van der Waals surface area (Å²) < 4.78 is 5.82. The molecule has 3 N–H and O–H groups in total. The SMILES string of the molecule is Cc1cc(N2CCO[C@H]3C[C@H](CO)C[C@@H]32)nc(N)n1. The summed E-state index contributed by atoms with van der Waals surface area (Å²) in [6.45, 7) is 3.66. The largest absolute Gasteiger partial charge is 0.396 e. The third kappa shape index (κ3) is 2.37. The van der Waals surface area contributed by atoms with Crippen LogP contribution in [-0.4, -0.2) is 47.0 Å². The van der Waals surface area contributed by atoms with Crippen LogP contribution in [0.15, 0.2) is 6.07 Å². The first-order chi connectivity index (χ1) is 9.17. The minimum Gasteiger partial charge on any atom is -0.396 e. The molecule has 0 amide bonds. The summed E-state index contributed by atoms with van der Waals surface area (Å²) in [4.78, 5) is 10.7. The van der Waals surface area contributed by atoms with Gasteiger partial charge in [0.15, 0.2) is 0 Å². The average molecular weight is 264 g/mol. The van der Waals surface area contributed by atoms with E-state index in [-0.39, 0.29) is 12.7 Å². The number of nitrogens with zero attached hydrogens (tertiary/aromatic N) is 3. The van der Waals surface area contributed by atoms with E-state index in [9.17, 15) is 5.11 Å². The van der Waals surface area contributed by atoms with Crippen molar-refractivity contribution >= 4 is 11.8 Å². The van der Waals surface area contributed by atoms with Crippen LogP contribution in [-0.2, 0) is 4.74 Å². The number of nitrogens with two attached hydrogens (primary N) is 1. The third-order valence-electron chi connectivity index (χ3n) is 4.04. The lowest BCUT2D eigenvalue weighted by Gasteiger charge is -2.38. The first-order valence-corrected chi connectivity index (χ1v) is 6.77. The summed E-state index contributed by atoms with van der Waals surface area (Å²) in [6.07, 6.45) is 2.07. The summed E-state index contributed by atoms with van der Waals surface area (Å²) >= 11 is 0. The van der Waals surface area contributed by atoms with E-state index in [1.165, 1.54) is 0 Å². The molecule has 0 aromatic carbocycles. The fraction of sp³-hybridized carbons (Fsp3) is 0.692. The molecule has 0 bridgehead atoms. The summed E-state index contributed by atoms with van der Waals surface area (Å²) in [5.41, 5.74) is 6.61. The van der Waals surface area contributed by atoms with E-state index in [0.29, 0.717) is 24.5 Å². The molecule has 1 saturated heterocycles. The molecule has 1 aromatic rings. The Morgan fingerprint density at radius 3 is 3.05 bits per heavy atom. The van der Waals surface area contributed by atoms with Crippen LogP contribution in [0, 0.1) is 12.8 Å². The van der Waals surface area contributed by atoms with Gasteiger partial charge in [-0.2, -0.15) is 4.98 Å². The maximum atomic E-state index is 9.34. The number of anilines is 2. The highest BCUT2D eigenvalue weighted by Crippen LogP contribution is 2.36. The highest BCUT2D eigenvalue weighted by atomic mass is 16.5. The molecule has 0 unspecified atom stereocenters. The number of fused-ring (bicyclic) bond motifs is 1. The molecular weight excluding hydrogens is 244 g/mol. The van der Waals surface area contributed by atoms with Crippen LogP contribution in [0.1, 0.15) is 18.5 Å². The average Bonchev–Trinajstić information content (AvgIpc) is 2.80. The van der Waals surface area contributed by atoms with Gasteiger partial charge in [0.1, 0.15) is 5.82 Å². The molecule has 6 nitrogen and oxygen atoms in total. The van der Waals surface area contributed by atoms with Gasteiger partial charge in [0.2, 0.25) is 5.95 Å². The number of aliphatic hydroxyl groups is 1. The molecule has 104 valence electrons. The van der Waals surface area contributed by atoms with Crippen LogP contribution in [0.3, 0.4) is 0 Å². The Balaban J connectivity index is 1.87. The van der Waals surface area contributed by atoms with Crippen molar-refractivity contribution in [2.24, 2.45) is 5.92 Å². The topological polar surface area (TPSA) is 84.5 Å². The Morgan fingerprint density at radius 1 is 1.47 bits per heavy atom. The molecule has 19 heavy (non-hydrogen) atoms. The Kier molecular flexibility index (Phi) is 3.28. The number of rotatable bonds is 2. The smallest absolute Gasteiger partial charge is 0.222 e. The standard InChI is InChI=1S/C13H20N4O2/c1-8-4-12(16-13(14)15-8)17-2-3-19-11-6-9(7-18)5-10(11)17/h4,9-11,18H,2-3,5-7H2,1H3,(H2,14,15,16)/t9-,10+,11+/m1/s1. The first kappa shape index (κ1) is 12.6. The molecule has 0 spiro atoms. The number of hydrogen-bond donors (Lipinski definition) is 2. The van der Waals surface area contributed by atoms with Gasteiger partial charge in [-0.05, 0) is 25.7 Å². The van der Waals surface area contributed by atoms with Crippen LogP contribution in [0.5, 0.6) is 0 Å². The number of aromatic nitrogens is 2. The van der Waals surface area contributed by atoms with Crippen molar-refractivity contribution in [3.63, 3.8) is 0 Å². The molecule has 2 aliphatic rings. The second kappa shape index (κ2) is 4.94. The number of hydrogen-bond acceptors (Lipinski definition) is 6. The highest BCUT2D eigenvalue weighted by Gasteiger charge is 2.41. The molecule has 2 heterocycles. The van der Waals surface area contributed by atoms with E-state index in [4.69, 9.17) is 10.5 Å². The molecule has 3 rings (SSSR count). The van der Waals surface area contributed by atoms with Crippen molar-refractivity contribution in [1.82, 2.24) is 9.97 Å². The van der Waals surface area contributed by atoms with Crippen molar-refractivity contribution in [2.75, 3.05) is 30.4 Å².